The maximum absolute atomic E-state index is 11.9. The summed E-state index contributed by atoms with van der Waals surface area (Å²) in [6, 6.07) is 0. The molecule has 0 spiro atoms. The van der Waals surface area contributed by atoms with E-state index in [0.29, 0.717) is 16.2 Å². The first-order valence-corrected chi connectivity index (χ1v) is 5.23. The zero-order valence-electron chi connectivity index (χ0n) is 8.19. The van der Waals surface area contributed by atoms with Gasteiger partial charge in [-0.05, 0) is 25.1 Å². The van der Waals surface area contributed by atoms with Gasteiger partial charge in [0.25, 0.3) is 5.91 Å². The summed E-state index contributed by atoms with van der Waals surface area (Å²) in [4.78, 5) is 20.3. The van der Waals surface area contributed by atoms with Crippen molar-refractivity contribution in [3.63, 3.8) is 0 Å². The number of H-pyrrole nitrogens is 1. The lowest BCUT2D eigenvalue weighted by Crippen LogP contribution is -2.28. The van der Waals surface area contributed by atoms with Gasteiger partial charge in [0, 0.05) is 19.3 Å². The summed E-state index contributed by atoms with van der Waals surface area (Å²) in [7, 11) is 0. The van der Waals surface area contributed by atoms with Crippen molar-refractivity contribution in [2.24, 2.45) is 0 Å². The molecule has 1 fully saturated rings. The van der Waals surface area contributed by atoms with Gasteiger partial charge in [-0.1, -0.05) is 0 Å². The molecule has 1 aliphatic heterocycles. The fourth-order valence-electron chi connectivity index (χ4n) is 1.67. The average molecular weight is 224 g/mol. The summed E-state index contributed by atoms with van der Waals surface area (Å²) in [5, 5.41) is 0. The number of carbonyl (C=O) groups excluding carboxylic acids is 1. The number of aromatic nitrogens is 2. The Labute approximate surface area is 92.3 Å². The van der Waals surface area contributed by atoms with E-state index in [2.05, 4.69) is 9.97 Å². The van der Waals surface area contributed by atoms with Crippen LogP contribution in [0.15, 0.2) is 6.20 Å². The molecule has 0 bridgehead atoms. The number of aromatic amines is 1. The largest absolute Gasteiger partial charge is 0.384 e. The zero-order valence-corrected chi connectivity index (χ0v) is 9.01. The second-order valence-electron chi connectivity index (χ2n) is 3.52. The quantitative estimate of drug-likeness (QED) is 0.697. The Bertz CT molecular complexity index is 436. The van der Waals surface area contributed by atoms with Crippen LogP contribution in [0.4, 0.5) is 5.82 Å². The smallest absolute Gasteiger partial charge is 0.259 e. The second kappa shape index (κ2) is 3.98. The fourth-order valence-corrected chi connectivity index (χ4v) is 1.83. The van der Waals surface area contributed by atoms with Gasteiger partial charge < -0.3 is 15.6 Å². The third kappa shape index (κ3) is 1.99. The number of nitrogen functional groups attached to an aromatic ring is 1. The van der Waals surface area contributed by atoms with Crippen LogP contribution in [-0.2, 0) is 0 Å². The summed E-state index contributed by atoms with van der Waals surface area (Å²) in [6.45, 7) is 1.60. The molecular weight excluding hydrogens is 212 g/mol. The highest BCUT2D eigenvalue weighted by molar-refractivity contribution is 7.71. The van der Waals surface area contributed by atoms with Gasteiger partial charge in [-0.2, -0.15) is 0 Å². The van der Waals surface area contributed by atoms with Gasteiger partial charge in [-0.25, -0.2) is 4.98 Å². The molecule has 5 nitrogen and oxygen atoms in total. The van der Waals surface area contributed by atoms with Crippen molar-refractivity contribution >= 4 is 23.9 Å². The number of rotatable bonds is 1. The molecule has 6 heteroatoms. The van der Waals surface area contributed by atoms with Gasteiger partial charge in [-0.3, -0.25) is 4.79 Å². The van der Waals surface area contributed by atoms with Gasteiger partial charge in [-0.15, -0.1) is 0 Å². The first-order chi connectivity index (χ1) is 7.18. The molecule has 1 amide bonds. The first-order valence-electron chi connectivity index (χ1n) is 4.82. The van der Waals surface area contributed by atoms with E-state index in [0.717, 1.165) is 25.9 Å². The number of hydrogen-bond acceptors (Lipinski definition) is 4. The minimum absolute atomic E-state index is 0.0660. The minimum atomic E-state index is -0.0660. The highest BCUT2D eigenvalue weighted by Gasteiger charge is 2.21. The van der Waals surface area contributed by atoms with E-state index in [4.69, 9.17) is 18.0 Å². The van der Waals surface area contributed by atoms with Crippen LogP contribution >= 0.6 is 12.2 Å². The number of nitrogens with one attached hydrogen (secondary N) is 1. The van der Waals surface area contributed by atoms with Gasteiger partial charge in [0.15, 0.2) is 4.77 Å². The molecule has 2 rings (SSSR count). The predicted octanol–water partition coefficient (Wildman–Crippen LogP) is 0.957. The van der Waals surface area contributed by atoms with E-state index in [1.807, 2.05) is 0 Å². The fraction of sp³-hybridized carbons (Fsp3) is 0.444. The molecule has 0 unspecified atom stereocenters. The monoisotopic (exact) mass is 224 g/mol. The minimum Gasteiger partial charge on any atom is -0.384 e. The molecule has 0 saturated carbocycles. The Morgan fingerprint density at radius 3 is 2.80 bits per heavy atom. The van der Waals surface area contributed by atoms with Gasteiger partial charge >= 0.3 is 0 Å². The Morgan fingerprint density at radius 2 is 2.20 bits per heavy atom. The molecule has 3 N–H and O–H groups in total. The van der Waals surface area contributed by atoms with Crippen LogP contribution in [0.1, 0.15) is 23.2 Å². The van der Waals surface area contributed by atoms with Crippen molar-refractivity contribution in [3.8, 4) is 0 Å². The van der Waals surface area contributed by atoms with E-state index < -0.39 is 0 Å². The van der Waals surface area contributed by atoms with Crippen LogP contribution in [0.3, 0.4) is 0 Å². The third-order valence-electron chi connectivity index (χ3n) is 2.47. The van der Waals surface area contributed by atoms with Gasteiger partial charge in [0.1, 0.15) is 5.82 Å². The molecular formula is C9H12N4OS. The summed E-state index contributed by atoms with van der Waals surface area (Å²) in [6.07, 6.45) is 3.55. The van der Waals surface area contributed by atoms with E-state index in [1.54, 1.807) is 4.90 Å². The van der Waals surface area contributed by atoms with Crippen molar-refractivity contribution < 1.29 is 4.79 Å². The lowest BCUT2D eigenvalue weighted by atomic mass is 10.3. The third-order valence-corrected chi connectivity index (χ3v) is 2.67. The normalized spacial score (nSPS) is 15.6. The Kier molecular flexibility index (Phi) is 2.68. The highest BCUT2D eigenvalue weighted by atomic mass is 32.1. The second-order valence-corrected chi connectivity index (χ2v) is 3.90. The summed E-state index contributed by atoms with van der Waals surface area (Å²) in [5.74, 6) is 0.232. The van der Waals surface area contributed by atoms with Crippen LogP contribution in [0.2, 0.25) is 0 Å². The molecule has 0 radical (unpaired) electrons. The van der Waals surface area contributed by atoms with Crippen LogP contribution in [0.25, 0.3) is 0 Å². The maximum Gasteiger partial charge on any atom is 0.259 e. The summed E-state index contributed by atoms with van der Waals surface area (Å²) in [5.41, 5.74) is 6.09. The average Bonchev–Trinajstić information content (AvgIpc) is 2.69. The molecule has 1 saturated heterocycles. The van der Waals surface area contributed by atoms with Gasteiger partial charge in [0.2, 0.25) is 0 Å². The first kappa shape index (κ1) is 10.1. The number of hydrogen-bond donors (Lipinski definition) is 2. The van der Waals surface area contributed by atoms with Crippen LogP contribution in [-0.4, -0.2) is 33.9 Å². The topological polar surface area (TPSA) is 75.0 Å². The van der Waals surface area contributed by atoms with Crippen LogP contribution in [0.5, 0.6) is 0 Å². The molecule has 0 aromatic carbocycles. The lowest BCUT2D eigenvalue weighted by molar-refractivity contribution is 0.0793. The summed E-state index contributed by atoms with van der Waals surface area (Å²) < 4.78 is 0.297. The van der Waals surface area contributed by atoms with Gasteiger partial charge in [0.05, 0.1) is 5.56 Å². The number of anilines is 1. The van der Waals surface area contributed by atoms with Crippen LogP contribution < -0.4 is 5.73 Å². The number of nitrogens with two attached hydrogens (primary N) is 1. The van der Waals surface area contributed by atoms with Crippen LogP contribution in [0, 0.1) is 4.77 Å². The van der Waals surface area contributed by atoms with E-state index >= 15 is 0 Å². The highest BCUT2D eigenvalue weighted by Crippen LogP contribution is 2.15. The predicted molar refractivity (Wildman–Crippen MR) is 59.0 cm³/mol. The molecule has 1 aromatic rings. The standard InChI is InChI=1S/C9H12N4OS/c10-7-6(5-11-9(15)12-7)8(14)13-3-1-2-4-13/h5H,1-4H2,(H3,10,11,12,15). The Balaban J connectivity index is 2.28. The van der Waals surface area contributed by atoms with Crippen molar-refractivity contribution in [3.05, 3.63) is 16.5 Å². The number of carbonyl (C=O) groups is 1. The zero-order chi connectivity index (χ0) is 10.8. The number of nitrogens with zero attached hydrogens (tertiary/aromatic N) is 2. The SMILES string of the molecule is Nc1[nH]c(=S)ncc1C(=O)N1CCCC1. The van der Waals surface area contributed by atoms with E-state index in [-0.39, 0.29) is 5.91 Å². The van der Waals surface area contributed by atoms with E-state index in [1.165, 1.54) is 6.20 Å². The molecule has 1 aliphatic rings. The molecule has 0 atom stereocenters. The summed E-state index contributed by atoms with van der Waals surface area (Å²) >= 11 is 4.81. The molecule has 80 valence electrons. The molecule has 15 heavy (non-hydrogen) atoms. The number of likely N-dealkylation sites (tertiary alicyclic amines) is 1. The molecule has 2 heterocycles. The number of amides is 1. The molecule has 1 aromatic heterocycles. The molecule has 0 aliphatic carbocycles. The van der Waals surface area contributed by atoms with Crippen molar-refractivity contribution in [1.82, 2.24) is 14.9 Å². The van der Waals surface area contributed by atoms with Crippen molar-refractivity contribution in [2.75, 3.05) is 18.8 Å². The van der Waals surface area contributed by atoms with Crippen molar-refractivity contribution in [2.45, 2.75) is 12.8 Å². The Hall–Kier alpha value is -1.43. The van der Waals surface area contributed by atoms with E-state index in [9.17, 15) is 4.79 Å². The lowest BCUT2D eigenvalue weighted by Gasteiger charge is -2.15. The Morgan fingerprint density at radius 1 is 1.53 bits per heavy atom. The maximum atomic E-state index is 11.9. The van der Waals surface area contributed by atoms with Crippen molar-refractivity contribution in [1.29, 1.82) is 0 Å².